The van der Waals surface area contributed by atoms with Gasteiger partial charge in [0.05, 0.1) is 23.4 Å². The second-order valence-electron chi connectivity index (χ2n) is 7.53. The van der Waals surface area contributed by atoms with Gasteiger partial charge in [0.15, 0.2) is 17.5 Å². The average Bonchev–Trinajstić information content (AvgIpc) is 3.30. The third-order valence-corrected chi connectivity index (χ3v) is 6.83. The van der Waals surface area contributed by atoms with Crippen LogP contribution < -0.4 is 0 Å². The Morgan fingerprint density at radius 1 is 1.09 bits per heavy atom. The molecule has 8 nitrogen and oxygen atoms in total. The van der Waals surface area contributed by atoms with Crippen LogP contribution in [0.4, 0.5) is 17.6 Å². The molecule has 0 bridgehead atoms. The number of hydrogen-bond acceptors (Lipinski definition) is 8. The van der Waals surface area contributed by atoms with Crippen molar-refractivity contribution in [1.29, 1.82) is 5.26 Å². The Bertz CT molecular complexity index is 1280. The standard InChI is InChI=1S/C21H15ClF4N4O4S/c22-10-4-16(11(23)3-9(10)5-27)35-21-20(33)18(19(32)15(7-31)34-21)30-6-14(28-29-30)8-1-12(24)17(26)13(25)2-8/h1-4,6,15,18-21,31-33H,7H2. The minimum atomic E-state index is -1.66. The van der Waals surface area contributed by atoms with E-state index in [0.717, 1.165) is 16.9 Å². The maximum Gasteiger partial charge on any atom is 0.194 e. The molecule has 14 heteroatoms. The van der Waals surface area contributed by atoms with Gasteiger partial charge < -0.3 is 20.1 Å². The molecule has 3 N–H and O–H groups in total. The Hall–Kier alpha value is -2.73. The molecular weight excluding hydrogens is 516 g/mol. The first kappa shape index (κ1) is 25.4. The Kier molecular flexibility index (Phi) is 7.32. The van der Waals surface area contributed by atoms with Crippen molar-refractivity contribution in [2.75, 3.05) is 6.61 Å². The molecular formula is C21H15ClF4N4O4S. The van der Waals surface area contributed by atoms with E-state index >= 15 is 0 Å². The van der Waals surface area contributed by atoms with Crippen molar-refractivity contribution in [3.05, 3.63) is 64.3 Å². The summed E-state index contributed by atoms with van der Waals surface area (Å²) in [6, 6.07) is 3.95. The molecule has 5 atom stereocenters. The van der Waals surface area contributed by atoms with Crippen molar-refractivity contribution in [1.82, 2.24) is 15.0 Å². The summed E-state index contributed by atoms with van der Waals surface area (Å²) in [6.45, 7) is -0.673. The van der Waals surface area contributed by atoms with Gasteiger partial charge in [0.25, 0.3) is 0 Å². The number of hydrogen-bond donors (Lipinski definition) is 3. The van der Waals surface area contributed by atoms with Crippen LogP contribution >= 0.6 is 23.4 Å². The number of ether oxygens (including phenoxy) is 1. The molecule has 0 spiro atoms. The van der Waals surface area contributed by atoms with Crippen molar-refractivity contribution in [2.24, 2.45) is 0 Å². The van der Waals surface area contributed by atoms with Gasteiger partial charge in [0.2, 0.25) is 0 Å². The molecule has 2 aromatic carbocycles. The van der Waals surface area contributed by atoms with Gasteiger partial charge in [0, 0.05) is 10.5 Å². The molecule has 184 valence electrons. The fraction of sp³-hybridized carbons (Fsp3) is 0.286. The first-order valence-corrected chi connectivity index (χ1v) is 11.1. The van der Waals surface area contributed by atoms with Crippen LogP contribution in [0.2, 0.25) is 5.02 Å². The zero-order valence-electron chi connectivity index (χ0n) is 17.3. The summed E-state index contributed by atoms with van der Waals surface area (Å²) in [5.41, 5.74) is -1.58. The summed E-state index contributed by atoms with van der Waals surface area (Å²) in [5.74, 6) is -5.35. The largest absolute Gasteiger partial charge is 0.394 e. The van der Waals surface area contributed by atoms with E-state index in [4.69, 9.17) is 21.6 Å². The van der Waals surface area contributed by atoms with E-state index in [-0.39, 0.29) is 26.7 Å². The Morgan fingerprint density at radius 2 is 1.77 bits per heavy atom. The molecule has 0 saturated carbocycles. The number of aliphatic hydroxyl groups is 3. The van der Waals surface area contributed by atoms with Gasteiger partial charge in [-0.05, 0) is 24.3 Å². The van der Waals surface area contributed by atoms with Crippen LogP contribution in [-0.2, 0) is 4.74 Å². The molecule has 0 amide bonds. The van der Waals surface area contributed by atoms with E-state index in [1.807, 2.05) is 0 Å². The number of thioether (sulfide) groups is 1. The lowest BCUT2D eigenvalue weighted by Gasteiger charge is -2.41. The molecule has 4 rings (SSSR count). The van der Waals surface area contributed by atoms with E-state index in [9.17, 15) is 32.9 Å². The van der Waals surface area contributed by atoms with Gasteiger partial charge >= 0.3 is 0 Å². The molecule has 1 aliphatic heterocycles. The fourth-order valence-corrected chi connectivity index (χ4v) is 4.94. The summed E-state index contributed by atoms with van der Waals surface area (Å²) in [5, 5.41) is 47.8. The zero-order valence-corrected chi connectivity index (χ0v) is 18.9. The number of nitrogens with zero attached hydrogens (tertiary/aromatic N) is 4. The molecule has 1 saturated heterocycles. The lowest BCUT2D eigenvalue weighted by Crippen LogP contribution is -2.55. The number of rotatable bonds is 5. The highest BCUT2D eigenvalue weighted by atomic mass is 35.5. The van der Waals surface area contributed by atoms with E-state index < -0.39 is 59.7 Å². The molecule has 0 radical (unpaired) electrons. The maximum atomic E-state index is 14.5. The predicted molar refractivity (Wildman–Crippen MR) is 114 cm³/mol. The van der Waals surface area contributed by atoms with Crippen molar-refractivity contribution < 1.29 is 37.6 Å². The summed E-state index contributed by atoms with van der Waals surface area (Å²) in [7, 11) is 0. The van der Waals surface area contributed by atoms with Crippen LogP contribution in [0.5, 0.6) is 0 Å². The van der Waals surface area contributed by atoms with Gasteiger partial charge in [-0.15, -0.1) is 5.10 Å². The smallest absolute Gasteiger partial charge is 0.194 e. The zero-order chi connectivity index (χ0) is 25.4. The molecule has 1 aliphatic rings. The molecule has 3 aromatic rings. The Morgan fingerprint density at radius 3 is 2.40 bits per heavy atom. The Labute approximate surface area is 204 Å². The third-order valence-electron chi connectivity index (χ3n) is 5.33. The normalized spacial score (nSPS) is 24.4. The lowest BCUT2D eigenvalue weighted by molar-refractivity contribution is -0.178. The van der Waals surface area contributed by atoms with Gasteiger partial charge in [-0.25, -0.2) is 22.2 Å². The third kappa shape index (κ3) is 4.86. The summed E-state index contributed by atoms with van der Waals surface area (Å²) < 4.78 is 61.5. The number of aliphatic hydroxyl groups excluding tert-OH is 3. The van der Waals surface area contributed by atoms with E-state index in [1.165, 1.54) is 6.07 Å². The molecule has 1 fully saturated rings. The minimum absolute atomic E-state index is 0.0309. The van der Waals surface area contributed by atoms with Crippen LogP contribution in [0.15, 0.2) is 35.4 Å². The minimum Gasteiger partial charge on any atom is -0.394 e. The summed E-state index contributed by atoms with van der Waals surface area (Å²) in [6.07, 6.45) is -3.14. The monoisotopic (exact) mass is 530 g/mol. The van der Waals surface area contributed by atoms with E-state index in [1.54, 1.807) is 6.07 Å². The van der Waals surface area contributed by atoms with Crippen molar-refractivity contribution >= 4 is 23.4 Å². The number of nitriles is 1. The number of halogens is 5. The van der Waals surface area contributed by atoms with E-state index in [2.05, 4.69) is 10.3 Å². The molecule has 0 aliphatic carbocycles. The molecule has 2 heterocycles. The first-order chi connectivity index (χ1) is 16.6. The van der Waals surface area contributed by atoms with Crippen LogP contribution in [-0.4, -0.2) is 60.7 Å². The maximum absolute atomic E-state index is 14.5. The predicted octanol–water partition coefficient (Wildman–Crippen LogP) is 2.80. The van der Waals surface area contributed by atoms with Crippen molar-refractivity contribution in [3.8, 4) is 17.3 Å². The molecule has 35 heavy (non-hydrogen) atoms. The van der Waals surface area contributed by atoms with Gasteiger partial charge in [-0.3, -0.25) is 0 Å². The van der Waals surface area contributed by atoms with Gasteiger partial charge in [-0.2, -0.15) is 5.26 Å². The Balaban J connectivity index is 1.65. The number of benzene rings is 2. The van der Waals surface area contributed by atoms with Crippen LogP contribution in [0.3, 0.4) is 0 Å². The molecule has 1 aromatic heterocycles. The quantitative estimate of drug-likeness (QED) is 0.340. The van der Waals surface area contributed by atoms with E-state index in [0.29, 0.717) is 23.9 Å². The fourth-order valence-electron chi connectivity index (χ4n) is 3.57. The molecule has 5 unspecified atom stereocenters. The highest BCUT2D eigenvalue weighted by molar-refractivity contribution is 7.99. The number of aromatic nitrogens is 3. The van der Waals surface area contributed by atoms with Gasteiger partial charge in [0.1, 0.15) is 47.4 Å². The SMILES string of the molecule is N#Cc1cc(F)c(SC2OC(CO)C(O)C(n3cc(-c4cc(F)c(F)c(F)c4)nn3)C2O)cc1Cl. The van der Waals surface area contributed by atoms with Crippen LogP contribution in [0.1, 0.15) is 11.6 Å². The first-order valence-electron chi connectivity index (χ1n) is 9.89. The summed E-state index contributed by atoms with van der Waals surface area (Å²) >= 11 is 6.66. The lowest BCUT2D eigenvalue weighted by atomic mass is 9.97. The second-order valence-corrected chi connectivity index (χ2v) is 9.07. The van der Waals surface area contributed by atoms with Crippen LogP contribution in [0, 0.1) is 34.6 Å². The topological polar surface area (TPSA) is 124 Å². The average molecular weight is 531 g/mol. The van der Waals surface area contributed by atoms with Crippen molar-refractivity contribution in [3.63, 3.8) is 0 Å². The highest BCUT2D eigenvalue weighted by Crippen LogP contribution is 2.40. The summed E-state index contributed by atoms with van der Waals surface area (Å²) in [4.78, 5) is -0.0681. The van der Waals surface area contributed by atoms with Crippen LogP contribution in [0.25, 0.3) is 11.3 Å². The van der Waals surface area contributed by atoms with Gasteiger partial charge in [-0.1, -0.05) is 28.6 Å². The highest BCUT2D eigenvalue weighted by Gasteiger charge is 2.46. The second kappa shape index (κ2) is 10.1. The van der Waals surface area contributed by atoms with Crippen molar-refractivity contribution in [2.45, 2.75) is 34.7 Å².